The standard InChI is InChI=1S/C15H19N5OS/c1-2-3-6-15(18-19-15)7-8-16-13(21)12-5-4-10-20(12)14-17-9-11-22-14/h1,9,11-12H,3-8,10H2,(H,16,21). The molecule has 6 nitrogen and oxygen atoms in total. The van der Waals surface area contributed by atoms with Gasteiger partial charge in [0, 0.05) is 43.9 Å². The van der Waals surface area contributed by atoms with Crippen molar-refractivity contribution in [2.24, 2.45) is 10.2 Å². The second-order valence-electron chi connectivity index (χ2n) is 5.59. The Labute approximate surface area is 134 Å². The number of anilines is 1. The average molecular weight is 317 g/mol. The third kappa shape index (κ3) is 3.28. The summed E-state index contributed by atoms with van der Waals surface area (Å²) in [6.07, 6.45) is 11.1. The summed E-state index contributed by atoms with van der Waals surface area (Å²) in [5.41, 5.74) is -0.329. The van der Waals surface area contributed by atoms with Gasteiger partial charge in [-0.15, -0.1) is 23.7 Å². The Bertz CT molecular complexity index is 586. The van der Waals surface area contributed by atoms with E-state index in [2.05, 4.69) is 31.3 Å². The van der Waals surface area contributed by atoms with Crippen LogP contribution in [0.25, 0.3) is 0 Å². The fourth-order valence-corrected chi connectivity index (χ4v) is 3.52. The summed E-state index contributed by atoms with van der Waals surface area (Å²) in [7, 11) is 0. The molecular weight excluding hydrogens is 298 g/mol. The first-order chi connectivity index (χ1) is 10.7. The van der Waals surface area contributed by atoms with Crippen LogP contribution in [0.3, 0.4) is 0 Å². The molecule has 1 amide bonds. The summed E-state index contributed by atoms with van der Waals surface area (Å²) in [4.78, 5) is 18.8. The van der Waals surface area contributed by atoms with Crippen LogP contribution in [0, 0.1) is 12.3 Å². The van der Waals surface area contributed by atoms with Crippen LogP contribution in [0.5, 0.6) is 0 Å². The van der Waals surface area contributed by atoms with E-state index in [1.54, 1.807) is 17.5 Å². The predicted molar refractivity (Wildman–Crippen MR) is 85.8 cm³/mol. The first-order valence-electron chi connectivity index (χ1n) is 7.55. The minimum absolute atomic E-state index is 0.0699. The minimum Gasteiger partial charge on any atom is -0.354 e. The normalized spacial score (nSPS) is 21.6. The van der Waals surface area contributed by atoms with Crippen molar-refractivity contribution in [1.82, 2.24) is 10.3 Å². The van der Waals surface area contributed by atoms with Crippen LogP contribution in [-0.2, 0) is 4.79 Å². The van der Waals surface area contributed by atoms with E-state index in [0.29, 0.717) is 13.0 Å². The molecule has 116 valence electrons. The van der Waals surface area contributed by atoms with Gasteiger partial charge in [0.2, 0.25) is 5.91 Å². The van der Waals surface area contributed by atoms with Crippen molar-refractivity contribution in [1.29, 1.82) is 0 Å². The number of hydrogen-bond acceptors (Lipinski definition) is 6. The number of nitrogens with one attached hydrogen (secondary N) is 1. The molecule has 0 bridgehead atoms. The molecule has 22 heavy (non-hydrogen) atoms. The monoisotopic (exact) mass is 317 g/mol. The fraction of sp³-hybridized carbons (Fsp3) is 0.600. The van der Waals surface area contributed by atoms with E-state index in [-0.39, 0.29) is 17.6 Å². The number of carbonyl (C=O) groups excluding carboxylic acids is 1. The fourth-order valence-electron chi connectivity index (χ4n) is 2.80. The Morgan fingerprint density at radius 3 is 3.09 bits per heavy atom. The highest BCUT2D eigenvalue weighted by atomic mass is 32.1. The van der Waals surface area contributed by atoms with Crippen molar-refractivity contribution in [2.45, 2.75) is 43.8 Å². The smallest absolute Gasteiger partial charge is 0.242 e. The van der Waals surface area contributed by atoms with Crippen LogP contribution < -0.4 is 10.2 Å². The summed E-state index contributed by atoms with van der Waals surface area (Å²) in [5.74, 6) is 2.68. The van der Waals surface area contributed by atoms with Crippen molar-refractivity contribution >= 4 is 22.4 Å². The van der Waals surface area contributed by atoms with Gasteiger partial charge in [0.15, 0.2) is 10.8 Å². The Kier molecular flexibility index (Phi) is 4.39. The largest absolute Gasteiger partial charge is 0.354 e. The molecule has 1 saturated heterocycles. The topological polar surface area (TPSA) is 70.0 Å². The molecule has 1 fully saturated rings. The zero-order valence-corrected chi connectivity index (χ0v) is 13.2. The van der Waals surface area contributed by atoms with Crippen molar-refractivity contribution in [3.05, 3.63) is 11.6 Å². The van der Waals surface area contributed by atoms with Gasteiger partial charge in [0.1, 0.15) is 6.04 Å². The van der Waals surface area contributed by atoms with Crippen LogP contribution >= 0.6 is 11.3 Å². The van der Waals surface area contributed by atoms with Gasteiger partial charge in [-0.2, -0.15) is 10.2 Å². The highest BCUT2D eigenvalue weighted by molar-refractivity contribution is 7.13. The van der Waals surface area contributed by atoms with Gasteiger partial charge in [-0.1, -0.05) is 0 Å². The van der Waals surface area contributed by atoms with E-state index in [9.17, 15) is 4.79 Å². The van der Waals surface area contributed by atoms with Crippen LogP contribution in [-0.4, -0.2) is 35.7 Å². The summed E-state index contributed by atoms with van der Waals surface area (Å²) >= 11 is 1.57. The number of aromatic nitrogens is 1. The van der Waals surface area contributed by atoms with Gasteiger partial charge in [0.05, 0.1) is 0 Å². The van der Waals surface area contributed by atoms with E-state index in [4.69, 9.17) is 6.42 Å². The molecule has 1 aromatic heterocycles. The molecule has 1 N–H and O–H groups in total. The molecule has 3 heterocycles. The molecular formula is C15H19N5OS. The number of terminal acetylenes is 1. The number of rotatable bonds is 7. The molecule has 2 aliphatic heterocycles. The number of carbonyl (C=O) groups is 1. The molecule has 2 aliphatic rings. The molecule has 1 atom stereocenters. The van der Waals surface area contributed by atoms with Crippen molar-refractivity contribution in [2.75, 3.05) is 18.0 Å². The number of hydrogen-bond donors (Lipinski definition) is 1. The van der Waals surface area contributed by atoms with Crippen LogP contribution in [0.2, 0.25) is 0 Å². The molecule has 0 saturated carbocycles. The van der Waals surface area contributed by atoms with E-state index in [1.165, 1.54) is 0 Å². The van der Waals surface area contributed by atoms with Crippen molar-refractivity contribution < 1.29 is 4.79 Å². The summed E-state index contributed by atoms with van der Waals surface area (Å²) < 4.78 is 0. The first kappa shape index (κ1) is 15.0. The highest BCUT2D eigenvalue weighted by Crippen LogP contribution is 2.36. The molecule has 1 unspecified atom stereocenters. The maximum Gasteiger partial charge on any atom is 0.242 e. The zero-order valence-electron chi connectivity index (χ0n) is 12.4. The average Bonchev–Trinajstić information content (AvgIpc) is 2.97. The number of nitrogens with zero attached hydrogens (tertiary/aromatic N) is 4. The van der Waals surface area contributed by atoms with Crippen LogP contribution in [0.1, 0.15) is 32.1 Å². The zero-order chi connectivity index (χ0) is 15.4. The molecule has 3 rings (SSSR count). The van der Waals surface area contributed by atoms with Crippen LogP contribution in [0.4, 0.5) is 5.13 Å². The van der Waals surface area contributed by atoms with Crippen molar-refractivity contribution in [3.8, 4) is 12.3 Å². The van der Waals surface area contributed by atoms with Gasteiger partial charge in [-0.05, 0) is 12.8 Å². The lowest BCUT2D eigenvalue weighted by molar-refractivity contribution is -0.122. The minimum atomic E-state index is -0.329. The van der Waals surface area contributed by atoms with E-state index < -0.39 is 0 Å². The third-order valence-corrected chi connectivity index (χ3v) is 4.91. The van der Waals surface area contributed by atoms with Crippen molar-refractivity contribution in [3.63, 3.8) is 0 Å². The molecule has 0 radical (unpaired) electrons. The lowest BCUT2D eigenvalue weighted by Crippen LogP contribution is -2.44. The quantitative estimate of drug-likeness (QED) is 0.784. The summed E-state index contributed by atoms with van der Waals surface area (Å²) in [6.45, 7) is 1.47. The molecule has 0 aromatic carbocycles. The first-order valence-corrected chi connectivity index (χ1v) is 8.43. The maximum atomic E-state index is 12.4. The second-order valence-corrected chi connectivity index (χ2v) is 6.47. The molecule has 7 heteroatoms. The molecule has 1 aromatic rings. The maximum absolute atomic E-state index is 12.4. The predicted octanol–water partition coefficient (Wildman–Crippen LogP) is 2.19. The Morgan fingerprint density at radius 1 is 1.55 bits per heavy atom. The molecule has 0 spiro atoms. The molecule has 0 aliphatic carbocycles. The summed E-state index contributed by atoms with van der Waals surface area (Å²) in [6, 6.07) is -0.110. The Balaban J connectivity index is 1.47. The van der Waals surface area contributed by atoms with Crippen LogP contribution in [0.15, 0.2) is 21.8 Å². The number of thiazole rings is 1. The van der Waals surface area contributed by atoms with E-state index in [1.807, 2.05) is 5.38 Å². The SMILES string of the molecule is C#CCCC1(CCNC(=O)C2CCCN2c2nccs2)N=N1. The van der Waals surface area contributed by atoms with Gasteiger partial charge in [-0.3, -0.25) is 4.79 Å². The third-order valence-electron chi connectivity index (χ3n) is 4.10. The summed E-state index contributed by atoms with van der Waals surface area (Å²) in [5, 5.41) is 14.0. The lowest BCUT2D eigenvalue weighted by atomic mass is 10.0. The van der Waals surface area contributed by atoms with Gasteiger partial charge in [-0.25, -0.2) is 4.98 Å². The van der Waals surface area contributed by atoms with Gasteiger partial charge < -0.3 is 10.2 Å². The van der Waals surface area contributed by atoms with E-state index in [0.717, 1.165) is 37.4 Å². The van der Waals surface area contributed by atoms with Gasteiger partial charge in [0.25, 0.3) is 0 Å². The Hall–Kier alpha value is -1.94. The second kappa shape index (κ2) is 6.44. The lowest BCUT2D eigenvalue weighted by Gasteiger charge is -2.23. The van der Waals surface area contributed by atoms with E-state index >= 15 is 0 Å². The Morgan fingerprint density at radius 2 is 2.41 bits per heavy atom. The number of amides is 1. The highest BCUT2D eigenvalue weighted by Gasteiger charge is 2.39. The van der Waals surface area contributed by atoms with Gasteiger partial charge >= 0.3 is 0 Å².